The minimum atomic E-state index is -0.696. The van der Waals surface area contributed by atoms with E-state index in [1.165, 1.54) is 44.5 Å². The number of hydrogen-bond acceptors (Lipinski definition) is 7. The summed E-state index contributed by atoms with van der Waals surface area (Å²) >= 11 is 4.13. The highest BCUT2D eigenvalue weighted by Gasteiger charge is 2.46. The van der Waals surface area contributed by atoms with E-state index in [-0.39, 0.29) is 11.4 Å². The number of benzene rings is 1. The summed E-state index contributed by atoms with van der Waals surface area (Å²) in [5, 5.41) is 14.9. The second-order valence-corrected chi connectivity index (χ2v) is 9.75. The van der Waals surface area contributed by atoms with Crippen LogP contribution in [0, 0.1) is 0 Å². The van der Waals surface area contributed by atoms with Crippen LogP contribution in [0.4, 0.5) is 5.13 Å². The molecular weight excluding hydrogens is 436 g/mol. The molecule has 1 aliphatic rings. The minimum absolute atomic E-state index is 0.110. The van der Waals surface area contributed by atoms with Crippen LogP contribution in [0.2, 0.25) is 0 Å². The summed E-state index contributed by atoms with van der Waals surface area (Å²) in [6.07, 6.45) is 0.908. The summed E-state index contributed by atoms with van der Waals surface area (Å²) in [4.78, 5) is 33.7. The molecule has 150 valence electrons. The molecule has 0 radical (unpaired) electrons. The predicted octanol–water partition coefficient (Wildman–Crippen LogP) is 5.76. The number of nitrogens with zero attached hydrogens (tertiary/aromatic N) is 2. The van der Waals surface area contributed by atoms with Crippen LogP contribution >= 0.6 is 34.0 Å². The van der Waals surface area contributed by atoms with E-state index in [1.54, 1.807) is 17.5 Å². The smallest absolute Gasteiger partial charge is 0.296 e. The molecule has 8 heteroatoms. The van der Waals surface area contributed by atoms with Gasteiger partial charge in [0.2, 0.25) is 5.78 Å². The van der Waals surface area contributed by atoms with Crippen molar-refractivity contribution in [2.24, 2.45) is 0 Å². The van der Waals surface area contributed by atoms with Gasteiger partial charge in [0, 0.05) is 4.88 Å². The number of carbonyl (C=O) groups excluding carboxylic acids is 2. The van der Waals surface area contributed by atoms with Crippen molar-refractivity contribution in [1.29, 1.82) is 0 Å². The number of fused-ring (bicyclic) bond motifs is 1. The summed E-state index contributed by atoms with van der Waals surface area (Å²) < 4.78 is 0.972. The van der Waals surface area contributed by atoms with E-state index in [0.717, 1.165) is 21.5 Å². The topological polar surface area (TPSA) is 70.5 Å². The van der Waals surface area contributed by atoms with Crippen molar-refractivity contribution in [3.05, 3.63) is 79.9 Å². The van der Waals surface area contributed by atoms with Crippen LogP contribution in [-0.2, 0) is 11.2 Å². The molecule has 0 bridgehead atoms. The molecule has 3 aromatic heterocycles. The number of carbonyl (C=O) groups is 2. The first kappa shape index (κ1) is 19.2. The summed E-state index contributed by atoms with van der Waals surface area (Å²) in [5.74, 6) is -1.42. The first-order chi connectivity index (χ1) is 14.6. The quantitative estimate of drug-likeness (QED) is 0.391. The number of amides is 1. The van der Waals surface area contributed by atoms with Crippen LogP contribution < -0.4 is 4.90 Å². The first-order valence-corrected chi connectivity index (χ1v) is 11.9. The van der Waals surface area contributed by atoms with Gasteiger partial charge in [-0.25, -0.2) is 4.98 Å². The Morgan fingerprint density at radius 2 is 1.97 bits per heavy atom. The summed E-state index contributed by atoms with van der Waals surface area (Å²) in [6, 6.07) is 12.6. The van der Waals surface area contributed by atoms with E-state index < -0.39 is 17.7 Å². The Bertz CT molecular complexity index is 1290. The van der Waals surface area contributed by atoms with Crippen molar-refractivity contribution in [2.75, 3.05) is 4.90 Å². The fourth-order valence-corrected chi connectivity index (χ4v) is 6.13. The van der Waals surface area contributed by atoms with Gasteiger partial charge in [-0.3, -0.25) is 14.5 Å². The van der Waals surface area contributed by atoms with Crippen molar-refractivity contribution in [3.63, 3.8) is 0 Å². The van der Waals surface area contributed by atoms with E-state index in [4.69, 9.17) is 0 Å². The fraction of sp³-hybridized carbons (Fsp3) is 0.136. The molecule has 0 aliphatic carbocycles. The Kier molecular flexibility index (Phi) is 4.77. The van der Waals surface area contributed by atoms with Crippen molar-refractivity contribution >= 4 is 61.0 Å². The Morgan fingerprint density at radius 3 is 2.67 bits per heavy atom. The molecule has 4 heterocycles. The Morgan fingerprint density at radius 1 is 1.17 bits per heavy atom. The Balaban J connectivity index is 1.65. The lowest BCUT2D eigenvalue weighted by atomic mass is 10.0. The Hall–Kier alpha value is -2.81. The fourth-order valence-electron chi connectivity index (χ4n) is 3.57. The summed E-state index contributed by atoms with van der Waals surface area (Å²) in [5.41, 5.74) is 2.09. The lowest BCUT2D eigenvalue weighted by molar-refractivity contribution is -0.117. The first-order valence-electron chi connectivity index (χ1n) is 9.36. The molecule has 5 nitrogen and oxygen atoms in total. The highest BCUT2D eigenvalue weighted by molar-refractivity contribution is 7.22. The average molecular weight is 453 g/mol. The minimum Gasteiger partial charge on any atom is -0.503 e. The molecule has 0 saturated heterocycles. The van der Waals surface area contributed by atoms with Gasteiger partial charge in [0.15, 0.2) is 10.9 Å². The number of Topliss-reactive ketones (excluding diaryl/α,β-unsaturated/α-hetero) is 1. The van der Waals surface area contributed by atoms with Gasteiger partial charge in [0.1, 0.15) is 6.04 Å². The van der Waals surface area contributed by atoms with Crippen molar-refractivity contribution in [3.8, 4) is 0 Å². The lowest BCUT2D eigenvalue weighted by Gasteiger charge is -2.22. The molecule has 1 aliphatic heterocycles. The van der Waals surface area contributed by atoms with Gasteiger partial charge in [-0.05, 0) is 47.0 Å². The maximum atomic E-state index is 13.2. The third kappa shape index (κ3) is 2.99. The van der Waals surface area contributed by atoms with Gasteiger partial charge < -0.3 is 5.11 Å². The van der Waals surface area contributed by atoms with Gasteiger partial charge in [0.25, 0.3) is 5.91 Å². The van der Waals surface area contributed by atoms with Crippen molar-refractivity contribution in [1.82, 2.24) is 4.98 Å². The number of rotatable bonds is 5. The molecule has 30 heavy (non-hydrogen) atoms. The number of aliphatic hydroxyl groups is 1. The van der Waals surface area contributed by atoms with E-state index in [0.29, 0.717) is 10.0 Å². The molecule has 1 aromatic carbocycles. The van der Waals surface area contributed by atoms with Crippen molar-refractivity contribution in [2.45, 2.75) is 19.4 Å². The third-order valence-corrected chi connectivity index (χ3v) is 7.88. The molecular formula is C22H16N2O3S3. The monoisotopic (exact) mass is 452 g/mol. The van der Waals surface area contributed by atoms with E-state index in [2.05, 4.69) is 18.0 Å². The van der Waals surface area contributed by atoms with Gasteiger partial charge in [-0.1, -0.05) is 36.5 Å². The molecule has 1 atom stereocenters. The standard InChI is InChI=1S/C22H16N2O3S3/c1-2-12-7-8-13-16(11-12)30-22(23-13)24-18(14-5-3-9-28-14)17(20(26)21(24)27)19(25)15-6-4-10-29-15/h3-11,18,26H,2H2,1H3. The zero-order chi connectivity index (χ0) is 20.8. The SMILES string of the molecule is CCc1ccc2nc(N3C(=O)C(O)=C(C(=O)c4cccs4)C3c3cccs3)sc2c1. The summed E-state index contributed by atoms with van der Waals surface area (Å²) in [7, 11) is 0. The number of aliphatic hydroxyl groups excluding tert-OH is 1. The molecule has 0 saturated carbocycles. The zero-order valence-corrected chi connectivity index (χ0v) is 18.3. The molecule has 0 spiro atoms. The van der Waals surface area contributed by atoms with E-state index in [1.807, 2.05) is 29.6 Å². The van der Waals surface area contributed by atoms with Gasteiger partial charge in [0.05, 0.1) is 20.7 Å². The van der Waals surface area contributed by atoms with Crippen LogP contribution in [0.25, 0.3) is 10.2 Å². The average Bonchev–Trinajstić information content (AvgIpc) is 3.54. The largest absolute Gasteiger partial charge is 0.503 e. The van der Waals surface area contributed by atoms with Crippen LogP contribution in [-0.4, -0.2) is 21.8 Å². The number of hydrogen-bond donors (Lipinski definition) is 1. The number of thiazole rings is 1. The summed E-state index contributed by atoms with van der Waals surface area (Å²) in [6.45, 7) is 2.09. The highest BCUT2D eigenvalue weighted by Crippen LogP contribution is 2.45. The zero-order valence-electron chi connectivity index (χ0n) is 15.9. The molecule has 5 rings (SSSR count). The number of aromatic nitrogens is 1. The lowest BCUT2D eigenvalue weighted by Crippen LogP contribution is -2.30. The Labute approximate surface area is 184 Å². The van der Waals surface area contributed by atoms with Crippen LogP contribution in [0.15, 0.2) is 64.6 Å². The highest BCUT2D eigenvalue weighted by atomic mass is 32.1. The van der Waals surface area contributed by atoms with E-state index >= 15 is 0 Å². The van der Waals surface area contributed by atoms with Gasteiger partial charge in [-0.2, -0.15) is 0 Å². The molecule has 1 N–H and O–H groups in total. The molecule has 0 fully saturated rings. The van der Waals surface area contributed by atoms with Crippen LogP contribution in [0.1, 0.15) is 33.1 Å². The second-order valence-electron chi connectivity index (χ2n) is 6.81. The predicted molar refractivity (Wildman–Crippen MR) is 122 cm³/mol. The molecule has 1 unspecified atom stereocenters. The maximum absolute atomic E-state index is 13.2. The third-order valence-electron chi connectivity index (χ3n) is 5.07. The van der Waals surface area contributed by atoms with E-state index in [9.17, 15) is 14.7 Å². The molecule has 4 aromatic rings. The number of aryl methyl sites for hydroxylation is 1. The second kappa shape index (κ2) is 7.46. The van der Waals surface area contributed by atoms with Crippen LogP contribution in [0.3, 0.4) is 0 Å². The normalized spacial score (nSPS) is 16.8. The number of thiophene rings is 2. The number of anilines is 1. The maximum Gasteiger partial charge on any atom is 0.296 e. The van der Waals surface area contributed by atoms with Gasteiger partial charge >= 0.3 is 0 Å². The van der Waals surface area contributed by atoms with Crippen molar-refractivity contribution < 1.29 is 14.7 Å². The molecule has 1 amide bonds. The number of ketones is 1. The van der Waals surface area contributed by atoms with Gasteiger partial charge in [-0.15, -0.1) is 22.7 Å². The van der Waals surface area contributed by atoms with Crippen LogP contribution in [0.5, 0.6) is 0 Å².